The molecule has 1 unspecified atom stereocenters. The van der Waals surface area contributed by atoms with Crippen LogP contribution < -0.4 is 11.1 Å². The Kier molecular flexibility index (Phi) is 6.65. The Morgan fingerprint density at radius 3 is 2.50 bits per heavy atom. The molecule has 1 atom stereocenters. The zero-order valence-corrected chi connectivity index (χ0v) is 20.0. The van der Waals surface area contributed by atoms with Gasteiger partial charge in [-0.05, 0) is 73.1 Å². The molecule has 0 spiro atoms. The normalized spacial score (nSPS) is 16.0. The lowest BCUT2D eigenvalue weighted by atomic mass is 9.84. The molecule has 0 bridgehead atoms. The van der Waals surface area contributed by atoms with Crippen molar-refractivity contribution in [3.8, 4) is 5.75 Å². The first-order valence-electron chi connectivity index (χ1n) is 11.2. The van der Waals surface area contributed by atoms with Gasteiger partial charge in [0.05, 0.1) is 0 Å². The van der Waals surface area contributed by atoms with Crippen LogP contribution >= 0.6 is 0 Å². The van der Waals surface area contributed by atoms with Crippen molar-refractivity contribution in [1.82, 2.24) is 4.90 Å². The number of nitrogens with one attached hydrogen (secondary N) is 1. The van der Waals surface area contributed by atoms with E-state index in [4.69, 9.17) is 5.73 Å². The van der Waals surface area contributed by atoms with E-state index in [1.807, 2.05) is 52.8 Å². The summed E-state index contributed by atoms with van der Waals surface area (Å²) < 4.78 is 0. The molecule has 6 nitrogen and oxygen atoms in total. The number of nitrogens with zero attached hydrogens (tertiary/aromatic N) is 1. The third kappa shape index (κ3) is 4.24. The number of anilines is 1. The Labute approximate surface area is 190 Å². The Balaban J connectivity index is 2.08. The minimum atomic E-state index is -0.739. The minimum absolute atomic E-state index is 0.0289. The molecule has 1 heterocycles. The van der Waals surface area contributed by atoms with Gasteiger partial charge in [-0.1, -0.05) is 39.0 Å². The van der Waals surface area contributed by atoms with E-state index in [-0.39, 0.29) is 17.6 Å². The molecule has 6 heteroatoms. The van der Waals surface area contributed by atoms with Gasteiger partial charge in [-0.15, -0.1) is 0 Å². The molecule has 4 N–H and O–H groups in total. The van der Waals surface area contributed by atoms with Crippen molar-refractivity contribution >= 4 is 17.5 Å². The van der Waals surface area contributed by atoms with Crippen LogP contribution in [0, 0.1) is 26.2 Å². The van der Waals surface area contributed by atoms with Crippen LogP contribution in [0.4, 0.5) is 5.69 Å². The van der Waals surface area contributed by atoms with Crippen molar-refractivity contribution in [3.05, 3.63) is 57.6 Å². The summed E-state index contributed by atoms with van der Waals surface area (Å²) in [4.78, 5) is 28.9. The predicted octanol–water partition coefficient (Wildman–Crippen LogP) is 4.28. The van der Waals surface area contributed by atoms with Crippen LogP contribution in [0.2, 0.25) is 0 Å². The van der Waals surface area contributed by atoms with Crippen molar-refractivity contribution in [2.24, 2.45) is 11.1 Å². The molecule has 1 aliphatic rings. The topological polar surface area (TPSA) is 95.7 Å². The highest BCUT2D eigenvalue weighted by atomic mass is 16.3. The van der Waals surface area contributed by atoms with Crippen LogP contribution in [-0.4, -0.2) is 28.4 Å². The summed E-state index contributed by atoms with van der Waals surface area (Å²) >= 11 is 0. The average Bonchev–Trinajstić information content (AvgIpc) is 2.79. The highest BCUT2D eigenvalue weighted by molar-refractivity contribution is 5.99. The molecule has 2 amide bonds. The summed E-state index contributed by atoms with van der Waals surface area (Å²) in [5.41, 5.74) is 11.0. The van der Waals surface area contributed by atoms with Gasteiger partial charge in [0.1, 0.15) is 11.8 Å². The number of aryl methyl sites for hydroxylation is 1. The van der Waals surface area contributed by atoms with E-state index in [9.17, 15) is 14.7 Å². The van der Waals surface area contributed by atoms with E-state index >= 15 is 0 Å². The maximum absolute atomic E-state index is 13.7. The molecule has 0 fully saturated rings. The van der Waals surface area contributed by atoms with E-state index in [0.29, 0.717) is 37.2 Å². The number of nitrogens with two attached hydrogens (primary N) is 1. The fourth-order valence-corrected chi connectivity index (χ4v) is 4.23. The largest absolute Gasteiger partial charge is 0.507 e. The van der Waals surface area contributed by atoms with Gasteiger partial charge in [0.2, 0.25) is 5.91 Å². The van der Waals surface area contributed by atoms with Crippen LogP contribution in [0.5, 0.6) is 5.75 Å². The van der Waals surface area contributed by atoms with Gasteiger partial charge in [0.15, 0.2) is 0 Å². The lowest BCUT2D eigenvalue weighted by molar-refractivity contribution is -0.147. The number of carbonyl (C=O) groups excluding carboxylic acids is 2. The number of rotatable bonds is 5. The second-order valence-corrected chi connectivity index (χ2v) is 9.45. The van der Waals surface area contributed by atoms with Gasteiger partial charge in [-0.3, -0.25) is 9.59 Å². The van der Waals surface area contributed by atoms with E-state index in [1.54, 1.807) is 17.9 Å². The lowest BCUT2D eigenvalue weighted by Gasteiger charge is -2.40. The fraction of sp³-hybridized carbons (Fsp3) is 0.462. The number of phenolic OH excluding ortho intramolecular Hbond substituents is 1. The fourth-order valence-electron chi connectivity index (χ4n) is 4.23. The smallest absolute Gasteiger partial charge is 0.251 e. The molecule has 0 radical (unpaired) electrons. The second kappa shape index (κ2) is 8.94. The van der Waals surface area contributed by atoms with Gasteiger partial charge in [0.25, 0.3) is 5.91 Å². The van der Waals surface area contributed by atoms with Crippen LogP contribution in [-0.2, 0) is 22.6 Å². The monoisotopic (exact) mass is 437 g/mol. The van der Waals surface area contributed by atoms with Crippen molar-refractivity contribution < 1.29 is 14.7 Å². The zero-order valence-electron chi connectivity index (χ0n) is 20.0. The molecule has 2 aromatic rings. The lowest BCUT2D eigenvalue weighted by Crippen LogP contribution is -2.49. The quantitative estimate of drug-likeness (QED) is 0.609. The maximum Gasteiger partial charge on any atom is 0.251 e. The van der Waals surface area contributed by atoms with Crippen molar-refractivity contribution in [2.75, 3.05) is 11.9 Å². The van der Waals surface area contributed by atoms with Crippen molar-refractivity contribution in [3.63, 3.8) is 0 Å². The van der Waals surface area contributed by atoms with Crippen LogP contribution in [0.15, 0.2) is 24.3 Å². The van der Waals surface area contributed by atoms with Gasteiger partial charge in [-0.2, -0.15) is 0 Å². The third-order valence-corrected chi connectivity index (χ3v) is 6.96. The van der Waals surface area contributed by atoms with Crippen LogP contribution in [0.1, 0.15) is 66.6 Å². The number of carbonyl (C=O) groups is 2. The Bertz CT molecular complexity index is 1060. The molecule has 3 rings (SSSR count). The van der Waals surface area contributed by atoms with Crippen molar-refractivity contribution in [1.29, 1.82) is 0 Å². The van der Waals surface area contributed by atoms with E-state index < -0.39 is 11.5 Å². The molecule has 0 saturated heterocycles. The molecule has 2 aromatic carbocycles. The summed E-state index contributed by atoms with van der Waals surface area (Å²) in [7, 11) is 0. The van der Waals surface area contributed by atoms with Gasteiger partial charge >= 0.3 is 0 Å². The Morgan fingerprint density at radius 2 is 1.88 bits per heavy atom. The van der Waals surface area contributed by atoms with Crippen molar-refractivity contribution in [2.45, 2.75) is 67.0 Å². The van der Waals surface area contributed by atoms with E-state index in [0.717, 1.165) is 27.8 Å². The third-order valence-electron chi connectivity index (χ3n) is 6.96. The Hall–Kier alpha value is -2.86. The molecule has 0 aromatic heterocycles. The van der Waals surface area contributed by atoms with Gasteiger partial charge in [-0.25, -0.2) is 0 Å². The summed E-state index contributed by atoms with van der Waals surface area (Å²) in [6, 6.07) is 7.00. The predicted molar refractivity (Wildman–Crippen MR) is 128 cm³/mol. The summed E-state index contributed by atoms with van der Waals surface area (Å²) in [5, 5.41) is 13.3. The number of hydrogen-bond acceptors (Lipinski definition) is 4. The number of aromatic hydroxyl groups is 1. The van der Waals surface area contributed by atoms with Crippen LogP contribution in [0.25, 0.3) is 0 Å². The number of fused-ring (bicyclic) bond motifs is 1. The molecule has 1 aliphatic heterocycles. The highest BCUT2D eigenvalue weighted by Gasteiger charge is 2.41. The summed E-state index contributed by atoms with van der Waals surface area (Å²) in [6.07, 6.45) is 1.38. The molecule has 0 aliphatic carbocycles. The first kappa shape index (κ1) is 23.8. The molecule has 32 heavy (non-hydrogen) atoms. The average molecular weight is 438 g/mol. The van der Waals surface area contributed by atoms with Gasteiger partial charge < -0.3 is 21.1 Å². The molecular formula is C26H35N3O3. The van der Waals surface area contributed by atoms with Crippen LogP contribution in [0.3, 0.4) is 0 Å². The first-order chi connectivity index (χ1) is 15.0. The first-order valence-corrected chi connectivity index (χ1v) is 11.2. The summed E-state index contributed by atoms with van der Waals surface area (Å²) in [5.74, 6) is -0.0516. The molecule has 0 saturated carbocycles. The second-order valence-electron chi connectivity index (χ2n) is 9.45. The number of phenols is 1. The van der Waals surface area contributed by atoms with Gasteiger partial charge in [0, 0.05) is 24.2 Å². The zero-order chi connectivity index (χ0) is 23.8. The molecular weight excluding hydrogens is 402 g/mol. The minimum Gasteiger partial charge on any atom is -0.507 e. The highest BCUT2D eigenvalue weighted by Crippen LogP contribution is 2.37. The van der Waals surface area contributed by atoms with E-state index in [2.05, 4.69) is 5.32 Å². The number of hydrogen-bond donors (Lipinski definition) is 3. The maximum atomic E-state index is 13.7. The molecule has 172 valence electrons. The number of amides is 2. The number of benzene rings is 2. The standard InChI is InChI=1S/C26H35N3O3/c1-7-26(5,6)25(32)29-11-10-19-9-8-18(14-27)13-20(19)22(29)24(31)28-21-12-15(2)23(30)17(4)16(21)3/h8-9,12-13,22,30H,7,10-11,14,27H2,1-6H3,(H,28,31). The summed E-state index contributed by atoms with van der Waals surface area (Å²) in [6.45, 7) is 12.2. The van der Waals surface area contributed by atoms with E-state index in [1.165, 1.54) is 0 Å². The Morgan fingerprint density at radius 1 is 1.19 bits per heavy atom. The SMILES string of the molecule is CCC(C)(C)C(=O)N1CCc2ccc(CN)cc2C1C(=O)Nc1cc(C)c(O)c(C)c1C.